The predicted octanol–water partition coefficient (Wildman–Crippen LogP) is 2.24. The van der Waals surface area contributed by atoms with E-state index in [9.17, 15) is 10.1 Å². The predicted molar refractivity (Wildman–Crippen MR) is 82.6 cm³/mol. The Labute approximate surface area is 125 Å². The third kappa shape index (κ3) is 3.02. The lowest BCUT2D eigenvalue weighted by molar-refractivity contribution is -0.384. The molecule has 1 atom stereocenters. The highest BCUT2D eigenvalue weighted by Gasteiger charge is 2.33. The van der Waals surface area contributed by atoms with E-state index in [0.29, 0.717) is 17.4 Å². The third-order valence-electron chi connectivity index (χ3n) is 4.28. The lowest BCUT2D eigenvalue weighted by Crippen LogP contribution is -2.40. The molecule has 2 rings (SSSR count). The van der Waals surface area contributed by atoms with E-state index in [1.807, 2.05) is 20.8 Å². The van der Waals surface area contributed by atoms with Crippen LogP contribution in [0.4, 0.5) is 11.5 Å². The van der Waals surface area contributed by atoms with Crippen molar-refractivity contribution in [1.82, 2.24) is 9.78 Å². The van der Waals surface area contributed by atoms with E-state index in [0.717, 1.165) is 25.9 Å². The fourth-order valence-corrected chi connectivity index (χ4v) is 3.03. The molecule has 1 fully saturated rings. The van der Waals surface area contributed by atoms with Crippen LogP contribution in [0.3, 0.4) is 0 Å². The van der Waals surface area contributed by atoms with Gasteiger partial charge in [0.25, 0.3) is 0 Å². The highest BCUT2D eigenvalue weighted by atomic mass is 16.6. The summed E-state index contributed by atoms with van der Waals surface area (Å²) in [5.41, 5.74) is 6.59. The van der Waals surface area contributed by atoms with Gasteiger partial charge in [0.2, 0.25) is 5.82 Å². The lowest BCUT2D eigenvalue weighted by atomic mass is 9.91. The zero-order chi connectivity index (χ0) is 15.7. The van der Waals surface area contributed by atoms with Gasteiger partial charge < -0.3 is 10.6 Å². The van der Waals surface area contributed by atoms with Crippen molar-refractivity contribution in [3.05, 3.63) is 15.8 Å². The maximum Gasteiger partial charge on any atom is 0.333 e. The van der Waals surface area contributed by atoms with Gasteiger partial charge in [-0.25, -0.2) is 4.68 Å². The number of hydrogen-bond donors (Lipinski definition) is 1. The molecule has 0 aliphatic carbocycles. The van der Waals surface area contributed by atoms with Crippen LogP contribution in [-0.4, -0.2) is 33.8 Å². The number of anilines is 1. The summed E-state index contributed by atoms with van der Waals surface area (Å²) in [4.78, 5) is 13.2. The minimum absolute atomic E-state index is 0.0959. The van der Waals surface area contributed by atoms with E-state index >= 15 is 0 Å². The van der Waals surface area contributed by atoms with E-state index in [2.05, 4.69) is 10.00 Å². The summed E-state index contributed by atoms with van der Waals surface area (Å²) >= 11 is 0. The molecule has 0 amide bonds. The Bertz CT molecular complexity index is 516. The number of hydrogen-bond acceptors (Lipinski definition) is 5. The third-order valence-corrected chi connectivity index (χ3v) is 4.28. The van der Waals surface area contributed by atoms with Gasteiger partial charge in [0.15, 0.2) is 0 Å². The molecule has 0 spiro atoms. The first-order valence-electron chi connectivity index (χ1n) is 7.57. The fraction of sp³-hybridized carbons (Fsp3) is 0.786. The van der Waals surface area contributed by atoms with E-state index < -0.39 is 0 Å². The van der Waals surface area contributed by atoms with Crippen LogP contribution in [0.1, 0.15) is 45.3 Å². The summed E-state index contributed by atoms with van der Waals surface area (Å²) in [6, 6.07) is 0.275. The smallest absolute Gasteiger partial charge is 0.333 e. The SMILES string of the molecule is Cc1nn(C(C)C)c(N2CCC(C(C)N)CC2)c1[N+](=O)[O-]. The van der Waals surface area contributed by atoms with Crippen LogP contribution in [-0.2, 0) is 0 Å². The second-order valence-electron chi connectivity index (χ2n) is 6.24. The van der Waals surface area contributed by atoms with Crippen molar-refractivity contribution in [3.63, 3.8) is 0 Å². The molecule has 0 saturated carbocycles. The van der Waals surface area contributed by atoms with E-state index in [1.54, 1.807) is 11.6 Å². The average molecular weight is 295 g/mol. The summed E-state index contributed by atoms with van der Waals surface area (Å²) in [5.74, 6) is 1.15. The number of nitro groups is 1. The molecular weight excluding hydrogens is 270 g/mol. The standard InChI is InChI=1S/C14H25N5O2/c1-9(2)18-14(13(19(20)21)11(4)16-18)17-7-5-12(6-8-17)10(3)15/h9-10,12H,5-8,15H2,1-4H3. The molecule has 1 aliphatic heterocycles. The van der Waals surface area contributed by atoms with Gasteiger partial charge in [-0.1, -0.05) is 0 Å². The molecule has 1 aliphatic rings. The summed E-state index contributed by atoms with van der Waals surface area (Å²) in [5, 5.41) is 15.8. The molecule has 2 N–H and O–H groups in total. The monoisotopic (exact) mass is 295 g/mol. The quantitative estimate of drug-likeness (QED) is 0.679. The first-order chi connectivity index (χ1) is 9.82. The molecule has 7 nitrogen and oxygen atoms in total. The van der Waals surface area contributed by atoms with Gasteiger partial charge in [-0.15, -0.1) is 0 Å². The van der Waals surface area contributed by atoms with Gasteiger partial charge in [-0.05, 0) is 46.5 Å². The van der Waals surface area contributed by atoms with Crippen molar-refractivity contribution >= 4 is 11.5 Å². The van der Waals surface area contributed by atoms with Gasteiger partial charge in [-0.3, -0.25) is 10.1 Å². The van der Waals surface area contributed by atoms with Crippen LogP contribution in [0.5, 0.6) is 0 Å². The van der Waals surface area contributed by atoms with E-state index in [1.165, 1.54) is 0 Å². The molecule has 0 aromatic carbocycles. The maximum atomic E-state index is 11.4. The summed E-state index contributed by atoms with van der Waals surface area (Å²) in [7, 11) is 0. The molecule has 118 valence electrons. The van der Waals surface area contributed by atoms with Gasteiger partial charge in [0, 0.05) is 25.2 Å². The Hall–Kier alpha value is -1.63. The lowest BCUT2D eigenvalue weighted by Gasteiger charge is -2.35. The average Bonchev–Trinajstić information content (AvgIpc) is 2.76. The fourth-order valence-electron chi connectivity index (χ4n) is 3.03. The summed E-state index contributed by atoms with van der Waals surface area (Å²) in [6.07, 6.45) is 1.94. The number of nitrogens with two attached hydrogens (primary N) is 1. The van der Waals surface area contributed by atoms with Crippen molar-refractivity contribution in [3.8, 4) is 0 Å². The topological polar surface area (TPSA) is 90.2 Å². The Balaban J connectivity index is 2.33. The van der Waals surface area contributed by atoms with Gasteiger partial charge >= 0.3 is 5.69 Å². The highest BCUT2D eigenvalue weighted by Crippen LogP contribution is 2.36. The molecule has 0 radical (unpaired) electrons. The first-order valence-corrected chi connectivity index (χ1v) is 7.57. The molecule has 1 aromatic heterocycles. The number of rotatable bonds is 4. The molecule has 21 heavy (non-hydrogen) atoms. The van der Waals surface area contributed by atoms with Crippen LogP contribution in [0, 0.1) is 23.0 Å². The van der Waals surface area contributed by atoms with E-state index in [-0.39, 0.29) is 22.7 Å². The van der Waals surface area contributed by atoms with Crippen molar-refractivity contribution in [2.24, 2.45) is 11.7 Å². The van der Waals surface area contributed by atoms with Crippen LogP contribution < -0.4 is 10.6 Å². The second kappa shape index (κ2) is 6.01. The minimum atomic E-state index is -0.311. The second-order valence-corrected chi connectivity index (χ2v) is 6.24. The largest absolute Gasteiger partial charge is 0.351 e. The zero-order valence-corrected chi connectivity index (χ0v) is 13.2. The Kier molecular flexibility index (Phi) is 4.51. The molecule has 1 saturated heterocycles. The zero-order valence-electron chi connectivity index (χ0n) is 13.2. The summed E-state index contributed by atoms with van der Waals surface area (Å²) < 4.78 is 1.78. The van der Waals surface area contributed by atoms with Crippen LogP contribution in [0.15, 0.2) is 0 Å². The number of aromatic nitrogens is 2. The molecule has 2 heterocycles. The molecular formula is C14H25N5O2. The van der Waals surface area contributed by atoms with Gasteiger partial charge in [0.1, 0.15) is 5.69 Å². The van der Waals surface area contributed by atoms with Crippen LogP contribution >= 0.6 is 0 Å². The van der Waals surface area contributed by atoms with Crippen molar-refractivity contribution < 1.29 is 4.92 Å². The number of nitrogens with zero attached hydrogens (tertiary/aromatic N) is 4. The maximum absolute atomic E-state index is 11.4. The molecule has 7 heteroatoms. The van der Waals surface area contributed by atoms with Gasteiger partial charge in [0.05, 0.1) is 4.92 Å². The first kappa shape index (κ1) is 15.8. The van der Waals surface area contributed by atoms with Gasteiger partial charge in [-0.2, -0.15) is 5.10 Å². The van der Waals surface area contributed by atoms with Crippen molar-refractivity contribution in [2.45, 2.75) is 52.6 Å². The Morgan fingerprint density at radius 3 is 2.33 bits per heavy atom. The van der Waals surface area contributed by atoms with E-state index in [4.69, 9.17) is 5.73 Å². The van der Waals surface area contributed by atoms with Crippen LogP contribution in [0.2, 0.25) is 0 Å². The summed E-state index contributed by atoms with van der Waals surface area (Å²) in [6.45, 7) is 9.32. The number of piperidine rings is 1. The Morgan fingerprint density at radius 1 is 1.33 bits per heavy atom. The normalized spacial score (nSPS) is 18.3. The molecule has 1 aromatic rings. The van der Waals surface area contributed by atoms with Crippen LogP contribution in [0.25, 0.3) is 0 Å². The highest BCUT2D eigenvalue weighted by molar-refractivity contribution is 5.61. The van der Waals surface area contributed by atoms with Crippen molar-refractivity contribution in [2.75, 3.05) is 18.0 Å². The van der Waals surface area contributed by atoms with Crippen molar-refractivity contribution in [1.29, 1.82) is 0 Å². The molecule has 1 unspecified atom stereocenters. The Morgan fingerprint density at radius 2 is 1.90 bits per heavy atom. The minimum Gasteiger partial charge on any atom is -0.351 e. The number of aryl methyl sites for hydroxylation is 1. The molecule has 0 bridgehead atoms.